The van der Waals surface area contributed by atoms with E-state index in [1.807, 2.05) is 12.1 Å². The Bertz CT molecular complexity index is 528. The van der Waals surface area contributed by atoms with Gasteiger partial charge in [-0.15, -0.1) is 0 Å². The van der Waals surface area contributed by atoms with Gasteiger partial charge in [-0.25, -0.2) is 0 Å². The summed E-state index contributed by atoms with van der Waals surface area (Å²) < 4.78 is 0. The zero-order chi connectivity index (χ0) is 15.2. The lowest BCUT2D eigenvalue weighted by Gasteiger charge is -2.12. The van der Waals surface area contributed by atoms with E-state index in [2.05, 4.69) is 36.1 Å². The molecule has 1 aromatic rings. The van der Waals surface area contributed by atoms with Crippen LogP contribution in [0.5, 0.6) is 0 Å². The number of hydrogen-bond acceptors (Lipinski definition) is 2. The van der Waals surface area contributed by atoms with E-state index in [0.29, 0.717) is 16.6 Å². The van der Waals surface area contributed by atoms with Crippen molar-refractivity contribution < 1.29 is 4.79 Å². The molecule has 2 rings (SSSR count). The summed E-state index contributed by atoms with van der Waals surface area (Å²) in [5.41, 5.74) is 8.71. The summed E-state index contributed by atoms with van der Waals surface area (Å²) >= 11 is 5.12. The molecular formula is C16H23N3OS. The molecule has 0 heterocycles. The molecule has 4 nitrogen and oxygen atoms in total. The number of carbonyl (C=O) groups is 1. The summed E-state index contributed by atoms with van der Waals surface area (Å²) in [6, 6.07) is 5.90. The smallest absolute Gasteiger partial charge is 0.269 e. The van der Waals surface area contributed by atoms with E-state index in [9.17, 15) is 4.79 Å². The summed E-state index contributed by atoms with van der Waals surface area (Å²) in [7, 11) is 0. The second-order valence-electron chi connectivity index (χ2n) is 5.85. The number of hydrazine groups is 1. The maximum Gasteiger partial charge on any atom is 0.269 e. The molecule has 0 unspecified atom stereocenters. The molecule has 0 saturated carbocycles. The number of hydrogen-bond donors (Lipinski definition) is 3. The quantitative estimate of drug-likeness (QED) is 0.590. The molecule has 0 radical (unpaired) electrons. The van der Waals surface area contributed by atoms with E-state index in [-0.39, 0.29) is 5.91 Å². The Morgan fingerprint density at radius 2 is 2.00 bits per heavy atom. The van der Waals surface area contributed by atoms with Crippen LogP contribution < -0.4 is 16.2 Å². The Hall–Kier alpha value is -1.62. The molecule has 0 spiro atoms. The average Bonchev–Trinajstić information content (AvgIpc) is 2.91. The van der Waals surface area contributed by atoms with Gasteiger partial charge < -0.3 is 5.32 Å². The number of amides is 1. The minimum atomic E-state index is -0.155. The molecule has 5 heteroatoms. The first-order chi connectivity index (χ1) is 10.1. The van der Waals surface area contributed by atoms with Crippen LogP contribution in [-0.2, 0) is 12.8 Å². The predicted octanol–water partition coefficient (Wildman–Crippen LogP) is 2.33. The molecule has 0 saturated heterocycles. The first-order valence-corrected chi connectivity index (χ1v) is 7.93. The van der Waals surface area contributed by atoms with Crippen molar-refractivity contribution >= 4 is 23.2 Å². The van der Waals surface area contributed by atoms with Crippen LogP contribution in [0.4, 0.5) is 0 Å². The minimum absolute atomic E-state index is 0.155. The molecule has 0 aliphatic heterocycles. The SMILES string of the molecule is CC(C)CCNC(=S)NNC(=O)c1ccc2c(c1)CCC2. The zero-order valence-corrected chi connectivity index (χ0v) is 13.5. The Balaban J connectivity index is 1.78. The molecule has 0 atom stereocenters. The first-order valence-electron chi connectivity index (χ1n) is 7.52. The van der Waals surface area contributed by atoms with E-state index in [4.69, 9.17) is 12.2 Å². The highest BCUT2D eigenvalue weighted by Crippen LogP contribution is 2.22. The topological polar surface area (TPSA) is 53.2 Å². The molecule has 1 amide bonds. The lowest BCUT2D eigenvalue weighted by atomic mass is 10.1. The molecule has 0 aromatic heterocycles. The monoisotopic (exact) mass is 305 g/mol. The van der Waals surface area contributed by atoms with Crippen molar-refractivity contribution in [2.24, 2.45) is 5.92 Å². The fraction of sp³-hybridized carbons (Fsp3) is 0.500. The summed E-state index contributed by atoms with van der Waals surface area (Å²) in [4.78, 5) is 12.1. The van der Waals surface area contributed by atoms with Gasteiger partial charge >= 0.3 is 0 Å². The van der Waals surface area contributed by atoms with Crippen LogP contribution in [0.3, 0.4) is 0 Å². The first kappa shape index (κ1) is 15.8. The van der Waals surface area contributed by atoms with E-state index in [1.54, 1.807) is 0 Å². The number of thiocarbonyl (C=S) groups is 1. The van der Waals surface area contributed by atoms with Crippen LogP contribution in [0, 0.1) is 5.92 Å². The molecular weight excluding hydrogens is 282 g/mol. The third kappa shape index (κ3) is 4.70. The molecule has 114 valence electrons. The van der Waals surface area contributed by atoms with Gasteiger partial charge in [0.05, 0.1) is 0 Å². The van der Waals surface area contributed by atoms with Gasteiger partial charge in [-0.1, -0.05) is 19.9 Å². The minimum Gasteiger partial charge on any atom is -0.361 e. The molecule has 1 aliphatic rings. The van der Waals surface area contributed by atoms with Crippen LogP contribution in [-0.4, -0.2) is 17.6 Å². The molecule has 0 bridgehead atoms. The van der Waals surface area contributed by atoms with Gasteiger partial charge in [-0.2, -0.15) is 0 Å². The summed E-state index contributed by atoms with van der Waals surface area (Å²) in [5.74, 6) is 0.471. The van der Waals surface area contributed by atoms with Crippen molar-refractivity contribution in [2.75, 3.05) is 6.54 Å². The van der Waals surface area contributed by atoms with E-state index >= 15 is 0 Å². The van der Waals surface area contributed by atoms with E-state index < -0.39 is 0 Å². The van der Waals surface area contributed by atoms with Crippen LogP contribution >= 0.6 is 12.2 Å². The Morgan fingerprint density at radius 3 is 2.76 bits per heavy atom. The Kier molecular flexibility index (Phi) is 5.56. The lowest BCUT2D eigenvalue weighted by molar-refractivity contribution is 0.0943. The normalized spacial score (nSPS) is 12.9. The van der Waals surface area contributed by atoms with Crippen molar-refractivity contribution in [3.05, 3.63) is 34.9 Å². The van der Waals surface area contributed by atoms with Gasteiger partial charge in [0.15, 0.2) is 5.11 Å². The second-order valence-corrected chi connectivity index (χ2v) is 6.26. The third-order valence-electron chi connectivity index (χ3n) is 3.66. The number of carbonyl (C=O) groups excluding carboxylic acids is 1. The van der Waals surface area contributed by atoms with Crippen molar-refractivity contribution in [1.82, 2.24) is 16.2 Å². The van der Waals surface area contributed by atoms with Crippen molar-refractivity contribution in [1.29, 1.82) is 0 Å². The van der Waals surface area contributed by atoms with Gasteiger partial charge in [0.1, 0.15) is 0 Å². The number of fused-ring (bicyclic) bond motifs is 1. The van der Waals surface area contributed by atoms with Crippen molar-refractivity contribution in [3.8, 4) is 0 Å². The van der Waals surface area contributed by atoms with Gasteiger partial charge in [0.2, 0.25) is 0 Å². The lowest BCUT2D eigenvalue weighted by Crippen LogP contribution is -2.47. The highest BCUT2D eigenvalue weighted by atomic mass is 32.1. The fourth-order valence-electron chi connectivity index (χ4n) is 2.42. The fourth-order valence-corrected chi connectivity index (χ4v) is 2.57. The van der Waals surface area contributed by atoms with Crippen LogP contribution in [0.1, 0.15) is 48.2 Å². The maximum atomic E-state index is 12.1. The molecule has 21 heavy (non-hydrogen) atoms. The average molecular weight is 305 g/mol. The van der Waals surface area contributed by atoms with Crippen molar-refractivity contribution in [3.63, 3.8) is 0 Å². The van der Waals surface area contributed by atoms with Crippen LogP contribution in [0.25, 0.3) is 0 Å². The van der Waals surface area contributed by atoms with Gasteiger partial charge in [0.25, 0.3) is 5.91 Å². The molecule has 1 aliphatic carbocycles. The van der Waals surface area contributed by atoms with Crippen molar-refractivity contribution in [2.45, 2.75) is 39.5 Å². The summed E-state index contributed by atoms with van der Waals surface area (Å²) in [6.07, 6.45) is 4.42. The predicted molar refractivity (Wildman–Crippen MR) is 89.1 cm³/mol. The second kappa shape index (κ2) is 7.41. The third-order valence-corrected chi connectivity index (χ3v) is 3.90. The summed E-state index contributed by atoms with van der Waals surface area (Å²) in [5, 5.41) is 3.52. The number of nitrogens with one attached hydrogen (secondary N) is 3. The highest BCUT2D eigenvalue weighted by molar-refractivity contribution is 7.80. The Morgan fingerprint density at radius 1 is 1.24 bits per heavy atom. The van der Waals surface area contributed by atoms with Crippen LogP contribution in [0.15, 0.2) is 18.2 Å². The maximum absolute atomic E-state index is 12.1. The standard InChI is InChI=1S/C16H23N3OS/c1-11(2)8-9-17-16(21)19-18-15(20)14-7-6-12-4-3-5-13(12)10-14/h6-7,10-11H,3-5,8-9H2,1-2H3,(H,18,20)(H2,17,19,21). The number of rotatable bonds is 4. The van der Waals surface area contributed by atoms with Gasteiger partial charge in [-0.05, 0) is 67.1 Å². The molecule has 0 fully saturated rings. The van der Waals surface area contributed by atoms with E-state index in [1.165, 1.54) is 17.5 Å². The number of benzene rings is 1. The molecule has 1 aromatic carbocycles. The largest absolute Gasteiger partial charge is 0.361 e. The van der Waals surface area contributed by atoms with Gasteiger partial charge in [0, 0.05) is 12.1 Å². The van der Waals surface area contributed by atoms with Gasteiger partial charge in [-0.3, -0.25) is 15.6 Å². The Labute approximate surface area is 131 Å². The summed E-state index contributed by atoms with van der Waals surface area (Å²) in [6.45, 7) is 5.12. The number of aryl methyl sites for hydroxylation is 2. The molecule has 3 N–H and O–H groups in total. The van der Waals surface area contributed by atoms with Crippen LogP contribution in [0.2, 0.25) is 0 Å². The van der Waals surface area contributed by atoms with E-state index in [0.717, 1.165) is 25.8 Å². The highest BCUT2D eigenvalue weighted by Gasteiger charge is 2.13. The zero-order valence-electron chi connectivity index (χ0n) is 12.7.